The second-order valence-electron chi connectivity index (χ2n) is 9.58. The second-order valence-corrected chi connectivity index (χ2v) is 9.58. The Morgan fingerprint density at radius 3 is 2.58 bits per heavy atom. The van der Waals surface area contributed by atoms with E-state index in [-0.39, 0.29) is 35.6 Å². The molecule has 1 aliphatic carbocycles. The number of ketones is 1. The molecule has 180 valence electrons. The topological polar surface area (TPSA) is 74.3 Å². The first-order valence-electron chi connectivity index (χ1n) is 11.9. The summed E-state index contributed by atoms with van der Waals surface area (Å²) < 4.78 is 22.8. The number of amides is 1. The molecule has 0 radical (unpaired) electrons. The van der Waals surface area contributed by atoms with Crippen molar-refractivity contribution in [3.05, 3.63) is 35.1 Å². The van der Waals surface area contributed by atoms with Gasteiger partial charge >= 0.3 is 0 Å². The number of hydrogen-bond acceptors (Lipinski definition) is 6. The van der Waals surface area contributed by atoms with Crippen LogP contribution in [0.25, 0.3) is 0 Å². The van der Waals surface area contributed by atoms with Gasteiger partial charge in [0.05, 0.1) is 37.9 Å². The van der Waals surface area contributed by atoms with Crippen LogP contribution in [0.1, 0.15) is 58.1 Å². The summed E-state index contributed by atoms with van der Waals surface area (Å²) in [5, 5.41) is 0. The zero-order chi connectivity index (χ0) is 23.7. The zero-order valence-corrected chi connectivity index (χ0v) is 20.3. The molecule has 7 heteroatoms. The molecule has 2 aliphatic heterocycles. The molecule has 1 fully saturated rings. The van der Waals surface area contributed by atoms with Gasteiger partial charge in [0.25, 0.3) is 5.91 Å². The number of fused-ring (bicyclic) bond motifs is 1. The van der Waals surface area contributed by atoms with Gasteiger partial charge in [0, 0.05) is 13.2 Å². The number of carbonyl (C=O) groups excluding carboxylic acids is 2. The summed E-state index contributed by atoms with van der Waals surface area (Å²) in [5.41, 5.74) is 1.31. The molecule has 0 spiro atoms. The quantitative estimate of drug-likeness (QED) is 0.548. The molecule has 7 nitrogen and oxygen atoms in total. The lowest BCUT2D eigenvalue weighted by atomic mass is 9.74. The van der Waals surface area contributed by atoms with Gasteiger partial charge in [-0.25, -0.2) is 0 Å². The summed E-state index contributed by atoms with van der Waals surface area (Å²) in [6.07, 6.45) is 3.22. The highest BCUT2D eigenvalue weighted by Crippen LogP contribution is 2.48. The molecule has 3 aliphatic rings. The van der Waals surface area contributed by atoms with Gasteiger partial charge in [-0.15, -0.1) is 0 Å². The van der Waals surface area contributed by atoms with E-state index < -0.39 is 6.04 Å². The van der Waals surface area contributed by atoms with Crippen molar-refractivity contribution in [2.75, 3.05) is 27.4 Å². The number of carbonyl (C=O) groups is 2. The average Bonchev–Trinajstić information content (AvgIpc) is 3.08. The van der Waals surface area contributed by atoms with Crippen LogP contribution in [0.15, 0.2) is 29.5 Å². The predicted octanol–water partition coefficient (Wildman–Crippen LogP) is 4.06. The van der Waals surface area contributed by atoms with Crippen LogP contribution >= 0.6 is 0 Å². The van der Waals surface area contributed by atoms with Crippen molar-refractivity contribution in [3.63, 3.8) is 0 Å². The SMILES string of the molecule is COc1ccc(C2C3=C(OC4CCC(C)CC4C3=O)C(=O)N2CCCOC(C)C)cc1OC. The van der Waals surface area contributed by atoms with Gasteiger partial charge in [-0.1, -0.05) is 13.0 Å². The monoisotopic (exact) mass is 457 g/mol. The van der Waals surface area contributed by atoms with Crippen molar-refractivity contribution in [1.29, 1.82) is 0 Å². The van der Waals surface area contributed by atoms with Crippen LogP contribution in [0.5, 0.6) is 11.5 Å². The molecule has 1 amide bonds. The molecule has 1 aromatic carbocycles. The Bertz CT molecular complexity index is 939. The summed E-state index contributed by atoms with van der Waals surface area (Å²) in [5.74, 6) is 1.54. The molecular weight excluding hydrogens is 422 g/mol. The van der Waals surface area contributed by atoms with Gasteiger partial charge in [0.15, 0.2) is 23.0 Å². The lowest BCUT2D eigenvalue weighted by molar-refractivity contribution is -0.136. The molecule has 4 unspecified atom stereocenters. The van der Waals surface area contributed by atoms with E-state index in [1.165, 1.54) is 0 Å². The summed E-state index contributed by atoms with van der Waals surface area (Å²) in [6, 6.07) is 5.07. The number of Topliss-reactive ketones (excluding diaryl/α,β-unsaturated/α-hetero) is 1. The number of hydrogen-bond donors (Lipinski definition) is 0. The highest BCUT2D eigenvalue weighted by Gasteiger charge is 2.52. The molecule has 1 aromatic rings. The minimum atomic E-state index is -0.503. The molecule has 0 aromatic heterocycles. The Morgan fingerprint density at radius 2 is 1.88 bits per heavy atom. The molecule has 0 bridgehead atoms. The first-order valence-corrected chi connectivity index (χ1v) is 11.9. The van der Waals surface area contributed by atoms with Crippen LogP contribution in [0, 0.1) is 11.8 Å². The van der Waals surface area contributed by atoms with Crippen LogP contribution in [0.3, 0.4) is 0 Å². The van der Waals surface area contributed by atoms with Crippen molar-refractivity contribution in [1.82, 2.24) is 4.90 Å². The first kappa shape index (κ1) is 23.6. The molecule has 4 rings (SSSR count). The van der Waals surface area contributed by atoms with Gasteiger partial charge < -0.3 is 23.8 Å². The van der Waals surface area contributed by atoms with Crippen molar-refractivity contribution in [3.8, 4) is 11.5 Å². The normalized spacial score (nSPS) is 26.9. The van der Waals surface area contributed by atoms with E-state index in [1.54, 1.807) is 19.1 Å². The van der Waals surface area contributed by atoms with Crippen LogP contribution in [0.2, 0.25) is 0 Å². The third kappa shape index (κ3) is 4.47. The zero-order valence-electron chi connectivity index (χ0n) is 20.3. The van der Waals surface area contributed by atoms with Crippen LogP contribution in [0.4, 0.5) is 0 Å². The van der Waals surface area contributed by atoms with E-state index in [0.29, 0.717) is 42.6 Å². The van der Waals surface area contributed by atoms with E-state index >= 15 is 0 Å². The minimum Gasteiger partial charge on any atom is -0.493 e. The van der Waals surface area contributed by atoms with Crippen molar-refractivity contribution in [2.24, 2.45) is 11.8 Å². The summed E-state index contributed by atoms with van der Waals surface area (Å²) in [6.45, 7) is 7.17. The number of ether oxygens (including phenoxy) is 4. The number of methoxy groups -OCH3 is 2. The Hall–Kier alpha value is -2.54. The largest absolute Gasteiger partial charge is 0.493 e. The average molecular weight is 458 g/mol. The third-order valence-electron chi connectivity index (χ3n) is 6.92. The highest BCUT2D eigenvalue weighted by atomic mass is 16.5. The van der Waals surface area contributed by atoms with Gasteiger partial charge in [-0.05, 0) is 63.1 Å². The predicted molar refractivity (Wildman–Crippen MR) is 123 cm³/mol. The maximum absolute atomic E-state index is 13.8. The second kappa shape index (κ2) is 9.75. The maximum Gasteiger partial charge on any atom is 0.290 e. The molecule has 4 atom stereocenters. The van der Waals surface area contributed by atoms with Crippen LogP contribution in [-0.4, -0.2) is 56.2 Å². The van der Waals surface area contributed by atoms with E-state index in [0.717, 1.165) is 24.8 Å². The smallest absolute Gasteiger partial charge is 0.290 e. The molecule has 0 saturated heterocycles. The Morgan fingerprint density at radius 1 is 1.12 bits per heavy atom. The minimum absolute atomic E-state index is 0.0573. The first-order chi connectivity index (χ1) is 15.8. The lowest BCUT2D eigenvalue weighted by Gasteiger charge is -2.37. The van der Waals surface area contributed by atoms with Crippen LogP contribution in [-0.2, 0) is 19.1 Å². The van der Waals surface area contributed by atoms with Crippen LogP contribution < -0.4 is 9.47 Å². The Kier molecular flexibility index (Phi) is 6.98. The molecule has 2 heterocycles. The summed E-state index contributed by atoms with van der Waals surface area (Å²) >= 11 is 0. The van der Waals surface area contributed by atoms with Gasteiger partial charge in [-0.2, -0.15) is 0 Å². The van der Waals surface area contributed by atoms with Crippen molar-refractivity contribution >= 4 is 11.7 Å². The van der Waals surface area contributed by atoms with Gasteiger partial charge in [-0.3, -0.25) is 9.59 Å². The Balaban J connectivity index is 1.70. The highest BCUT2D eigenvalue weighted by molar-refractivity contribution is 6.11. The molecular formula is C26H35NO6. The van der Waals surface area contributed by atoms with E-state index in [4.69, 9.17) is 18.9 Å². The third-order valence-corrected chi connectivity index (χ3v) is 6.92. The standard InChI is InChI=1S/C26H35NO6/c1-15(2)32-12-6-11-27-23(17-8-10-20(30-4)21(14-17)31-5)22-24(28)18-13-16(3)7-9-19(18)33-25(22)26(27)29/h8,10,14-16,18-19,23H,6-7,9,11-13H2,1-5H3. The number of nitrogens with zero attached hydrogens (tertiary/aromatic N) is 1. The van der Waals surface area contributed by atoms with E-state index in [2.05, 4.69) is 6.92 Å². The Labute approximate surface area is 196 Å². The summed E-state index contributed by atoms with van der Waals surface area (Å²) in [7, 11) is 3.16. The van der Waals surface area contributed by atoms with E-state index in [1.807, 2.05) is 32.0 Å². The number of benzene rings is 1. The summed E-state index contributed by atoms with van der Waals surface area (Å²) in [4.78, 5) is 29.0. The lowest BCUT2D eigenvalue weighted by Crippen LogP contribution is -2.41. The fraction of sp³-hybridized carbons (Fsp3) is 0.615. The molecule has 0 N–H and O–H groups in total. The molecule has 1 saturated carbocycles. The fourth-order valence-electron chi connectivity index (χ4n) is 5.28. The van der Waals surface area contributed by atoms with Crippen molar-refractivity contribution in [2.45, 2.75) is 64.7 Å². The number of rotatable bonds is 8. The fourth-order valence-corrected chi connectivity index (χ4v) is 5.28. The van der Waals surface area contributed by atoms with Gasteiger partial charge in [0.1, 0.15) is 6.10 Å². The molecule has 33 heavy (non-hydrogen) atoms. The maximum atomic E-state index is 13.8. The van der Waals surface area contributed by atoms with Gasteiger partial charge in [0.2, 0.25) is 0 Å². The van der Waals surface area contributed by atoms with Crippen molar-refractivity contribution < 1.29 is 28.5 Å². The van der Waals surface area contributed by atoms with E-state index in [9.17, 15) is 9.59 Å².